The van der Waals surface area contributed by atoms with Crippen molar-refractivity contribution in [2.45, 2.75) is 37.8 Å². The van der Waals surface area contributed by atoms with E-state index in [9.17, 15) is 9.59 Å². The number of nitrogens with zero attached hydrogens (tertiary/aromatic N) is 2. The topological polar surface area (TPSA) is 82.4 Å². The van der Waals surface area contributed by atoms with Crippen LogP contribution in [-0.4, -0.2) is 38.1 Å². The van der Waals surface area contributed by atoms with E-state index >= 15 is 0 Å². The molecule has 2 aromatic carbocycles. The molecule has 1 N–H and O–H groups in total. The molecule has 7 heteroatoms. The summed E-state index contributed by atoms with van der Waals surface area (Å²) in [7, 11) is -0.509. The number of carbonyl (C=O) groups is 2. The second kappa shape index (κ2) is 10.4. The van der Waals surface area contributed by atoms with Crippen molar-refractivity contribution in [3.8, 4) is 6.19 Å². The Labute approximate surface area is 173 Å². The molecule has 0 fully saturated rings. The fourth-order valence-corrected chi connectivity index (χ4v) is 6.03. The average molecular weight is 410 g/mol. The van der Waals surface area contributed by atoms with Gasteiger partial charge in [-0.3, -0.25) is 9.69 Å². The van der Waals surface area contributed by atoms with Gasteiger partial charge in [0.15, 0.2) is 6.19 Å². The van der Waals surface area contributed by atoms with Crippen molar-refractivity contribution < 1.29 is 14.3 Å². The lowest BCUT2D eigenvalue weighted by molar-refractivity contribution is -0.128. The van der Waals surface area contributed by atoms with Gasteiger partial charge in [-0.05, 0) is 17.7 Å². The van der Waals surface area contributed by atoms with Gasteiger partial charge in [-0.15, -0.1) is 0 Å². The summed E-state index contributed by atoms with van der Waals surface area (Å²) >= 11 is 0. The third kappa shape index (κ3) is 7.43. The molecule has 0 spiro atoms. The second-order valence-electron chi connectivity index (χ2n) is 7.79. The maximum atomic E-state index is 12.7. The van der Waals surface area contributed by atoms with E-state index in [1.807, 2.05) is 54.7 Å². The van der Waals surface area contributed by atoms with Crippen LogP contribution in [0.5, 0.6) is 0 Å². The monoisotopic (exact) mass is 409 g/mol. The third-order valence-corrected chi connectivity index (χ3v) is 7.44. The van der Waals surface area contributed by atoms with E-state index in [-0.39, 0.29) is 6.61 Å². The van der Waals surface area contributed by atoms with Crippen LogP contribution in [0.25, 0.3) is 0 Å². The van der Waals surface area contributed by atoms with Crippen LogP contribution in [0.1, 0.15) is 11.1 Å². The van der Waals surface area contributed by atoms with Crippen LogP contribution in [0.15, 0.2) is 60.7 Å². The van der Waals surface area contributed by atoms with E-state index in [0.29, 0.717) is 6.04 Å². The van der Waals surface area contributed by atoms with Crippen molar-refractivity contribution in [3.63, 3.8) is 0 Å². The van der Waals surface area contributed by atoms with Crippen LogP contribution in [0.2, 0.25) is 19.1 Å². The predicted octanol–water partition coefficient (Wildman–Crippen LogP) is 3.71. The molecule has 0 heterocycles. The molecule has 0 saturated heterocycles. The molecule has 6 nitrogen and oxygen atoms in total. The van der Waals surface area contributed by atoms with E-state index in [0.717, 1.165) is 16.5 Å². The number of ether oxygens (including phenoxy) is 1. The molecule has 0 bridgehead atoms. The lowest BCUT2D eigenvalue weighted by atomic mass is 10.2. The molecule has 1 atom stereocenters. The summed E-state index contributed by atoms with van der Waals surface area (Å²) < 4.78 is 5.27. The first kappa shape index (κ1) is 22.2. The van der Waals surface area contributed by atoms with Gasteiger partial charge in [0.25, 0.3) is 5.91 Å². The number of hydrogen-bond acceptors (Lipinski definition) is 4. The molecule has 2 rings (SSSR count). The highest BCUT2D eigenvalue weighted by Crippen LogP contribution is 2.20. The Morgan fingerprint density at radius 1 is 1.07 bits per heavy atom. The largest absolute Gasteiger partial charge is 0.445 e. The Bertz CT molecular complexity index is 851. The number of amides is 2. The highest BCUT2D eigenvalue weighted by atomic mass is 28.3. The predicted molar refractivity (Wildman–Crippen MR) is 114 cm³/mol. The summed E-state index contributed by atoms with van der Waals surface area (Å²) in [5, 5.41) is 11.8. The Kier molecular flexibility index (Phi) is 7.98. The van der Waals surface area contributed by atoms with Crippen LogP contribution in [0, 0.1) is 11.5 Å². The zero-order chi connectivity index (χ0) is 21.3. The molecule has 0 aromatic heterocycles. The average Bonchev–Trinajstić information content (AvgIpc) is 2.71. The summed E-state index contributed by atoms with van der Waals surface area (Å²) in [5.41, 5.74) is 2.06. The molecule has 2 aromatic rings. The summed E-state index contributed by atoms with van der Waals surface area (Å²) in [6, 6.07) is 20.0. The van der Waals surface area contributed by atoms with Crippen molar-refractivity contribution >= 4 is 20.1 Å². The minimum absolute atomic E-state index is 0.118. The Hall–Kier alpha value is -3.11. The normalized spacial score (nSPS) is 11.8. The number of nitriles is 1. The van der Waals surface area contributed by atoms with Gasteiger partial charge in [0.05, 0.1) is 8.07 Å². The van der Waals surface area contributed by atoms with E-state index in [1.54, 1.807) is 0 Å². The molecule has 0 aliphatic heterocycles. The van der Waals surface area contributed by atoms with E-state index in [4.69, 9.17) is 10.00 Å². The summed E-state index contributed by atoms with van der Waals surface area (Å²) in [5.74, 6) is -0.433. The van der Waals surface area contributed by atoms with Crippen LogP contribution in [0.3, 0.4) is 0 Å². The van der Waals surface area contributed by atoms with Crippen LogP contribution in [-0.2, 0) is 22.2 Å². The molecule has 0 aliphatic rings. The van der Waals surface area contributed by atoms with Gasteiger partial charge < -0.3 is 10.1 Å². The molecule has 0 saturated carbocycles. The van der Waals surface area contributed by atoms with Gasteiger partial charge in [0.1, 0.15) is 12.6 Å². The number of hydrogen-bond donors (Lipinski definition) is 1. The quantitative estimate of drug-likeness (QED) is 0.409. The zero-order valence-corrected chi connectivity index (χ0v) is 18.1. The molecule has 0 radical (unpaired) electrons. The Morgan fingerprint density at radius 2 is 1.62 bits per heavy atom. The highest BCUT2D eigenvalue weighted by molar-refractivity contribution is 6.77. The molecule has 0 aliphatic carbocycles. The minimum atomic E-state index is -1.91. The van der Waals surface area contributed by atoms with Crippen LogP contribution < -0.4 is 5.32 Å². The second-order valence-corrected chi connectivity index (χ2v) is 12.9. The number of carbonyl (C=O) groups excluding carboxylic acids is 2. The molecule has 29 heavy (non-hydrogen) atoms. The minimum Gasteiger partial charge on any atom is -0.445 e. The van der Waals surface area contributed by atoms with Crippen molar-refractivity contribution in [3.05, 3.63) is 71.8 Å². The lowest BCUT2D eigenvalue weighted by Gasteiger charge is -2.29. The van der Waals surface area contributed by atoms with Gasteiger partial charge in [0, 0.05) is 7.05 Å². The Balaban J connectivity index is 2.04. The highest BCUT2D eigenvalue weighted by Gasteiger charge is 2.33. The number of nitrogens with one attached hydrogen (secondary N) is 1. The molecular weight excluding hydrogens is 382 g/mol. The number of likely N-dealkylation sites (N-methyl/N-ethyl adjacent to an activating group) is 1. The molecule has 1 unspecified atom stereocenters. The SMILES string of the molecule is CN(C#N)C(=O)C(C[Si](C)(C)Cc1ccccc1)NC(=O)OCc1ccccc1. The molecule has 152 valence electrons. The van der Waals surface area contributed by atoms with Gasteiger partial charge in [0.2, 0.25) is 0 Å². The van der Waals surface area contributed by atoms with Crippen molar-refractivity contribution in [2.75, 3.05) is 7.05 Å². The van der Waals surface area contributed by atoms with Gasteiger partial charge in [-0.2, -0.15) is 5.26 Å². The first-order valence-electron chi connectivity index (χ1n) is 9.49. The fourth-order valence-electron chi connectivity index (χ4n) is 3.16. The standard InChI is InChI=1S/C22H27N3O3Si/c1-25(17-23)21(26)20(16-29(2,3)15-19-12-8-5-9-13-19)24-22(27)28-14-18-10-6-4-7-11-18/h4-13,20H,14-16H2,1-3H3,(H,24,27). The maximum Gasteiger partial charge on any atom is 0.408 e. The number of alkyl carbamates (subject to hydrolysis) is 1. The summed E-state index contributed by atoms with van der Waals surface area (Å²) in [6.07, 6.45) is 1.15. The van der Waals surface area contributed by atoms with E-state index in [2.05, 4.69) is 30.5 Å². The van der Waals surface area contributed by atoms with E-state index in [1.165, 1.54) is 12.6 Å². The summed E-state index contributed by atoms with van der Waals surface area (Å²) in [4.78, 5) is 25.9. The zero-order valence-electron chi connectivity index (χ0n) is 17.1. The lowest BCUT2D eigenvalue weighted by Crippen LogP contribution is -2.50. The van der Waals surface area contributed by atoms with Crippen molar-refractivity contribution in [1.29, 1.82) is 5.26 Å². The molecule has 2 amide bonds. The molecular formula is C22H27N3O3Si. The third-order valence-electron chi connectivity index (χ3n) is 4.57. The van der Waals surface area contributed by atoms with Crippen LogP contribution in [0.4, 0.5) is 4.79 Å². The number of rotatable bonds is 8. The van der Waals surface area contributed by atoms with Crippen LogP contribution >= 0.6 is 0 Å². The fraction of sp³-hybridized carbons (Fsp3) is 0.318. The van der Waals surface area contributed by atoms with Gasteiger partial charge >= 0.3 is 6.09 Å². The van der Waals surface area contributed by atoms with Gasteiger partial charge in [-0.1, -0.05) is 79.3 Å². The Morgan fingerprint density at radius 3 is 2.17 bits per heavy atom. The van der Waals surface area contributed by atoms with Gasteiger partial charge in [-0.25, -0.2) is 4.79 Å². The van der Waals surface area contributed by atoms with Crippen molar-refractivity contribution in [2.24, 2.45) is 0 Å². The first-order chi connectivity index (χ1) is 13.8. The smallest absolute Gasteiger partial charge is 0.408 e. The van der Waals surface area contributed by atoms with E-state index < -0.39 is 26.1 Å². The summed E-state index contributed by atoms with van der Waals surface area (Å²) in [6.45, 7) is 4.46. The first-order valence-corrected chi connectivity index (χ1v) is 12.9. The van der Waals surface area contributed by atoms with Crippen molar-refractivity contribution in [1.82, 2.24) is 10.2 Å². The maximum absolute atomic E-state index is 12.7. The number of benzene rings is 2.